The van der Waals surface area contributed by atoms with Crippen LogP contribution < -0.4 is 5.32 Å². The van der Waals surface area contributed by atoms with Crippen molar-refractivity contribution < 1.29 is 4.79 Å². The van der Waals surface area contributed by atoms with E-state index in [1.54, 1.807) is 6.92 Å². The van der Waals surface area contributed by atoms with Gasteiger partial charge in [0, 0.05) is 18.2 Å². The van der Waals surface area contributed by atoms with E-state index in [1.807, 2.05) is 14.1 Å². The molecule has 78 valence electrons. The first-order chi connectivity index (χ1) is 5.45. The number of amides is 1. The zero-order valence-corrected chi connectivity index (χ0v) is 9.57. The molecule has 1 amide bonds. The molecular weight excluding hydrogens is 188 g/mol. The molecule has 13 heavy (non-hydrogen) atoms. The number of hydrogen-bond acceptors (Lipinski definition) is 2. The monoisotopic (exact) mass is 206 g/mol. The molecule has 0 aromatic carbocycles. The van der Waals surface area contributed by atoms with Crippen molar-refractivity contribution in [3.05, 3.63) is 12.2 Å². The molecule has 0 saturated heterocycles. The molecule has 0 fully saturated rings. The number of halogens is 1. The molecule has 1 unspecified atom stereocenters. The van der Waals surface area contributed by atoms with E-state index in [0.717, 1.165) is 0 Å². The standard InChI is InChI=1S/C9H18N2O.ClH/c1-7(2)9(12)10-6-8(3)11(4)5;/h8H,1,6H2,2-5H3,(H,10,12);1H. The van der Waals surface area contributed by atoms with Crippen molar-refractivity contribution in [3.8, 4) is 0 Å². The largest absolute Gasteiger partial charge is 0.351 e. The van der Waals surface area contributed by atoms with Gasteiger partial charge in [-0.05, 0) is 27.9 Å². The number of carbonyl (C=O) groups is 1. The maximum absolute atomic E-state index is 11.0. The van der Waals surface area contributed by atoms with Crippen LogP contribution in [0, 0.1) is 0 Å². The molecule has 0 rings (SSSR count). The lowest BCUT2D eigenvalue weighted by molar-refractivity contribution is -0.117. The van der Waals surface area contributed by atoms with Crippen molar-refractivity contribution in [3.63, 3.8) is 0 Å². The summed E-state index contributed by atoms with van der Waals surface area (Å²) in [6, 6.07) is 0.355. The van der Waals surface area contributed by atoms with E-state index in [0.29, 0.717) is 18.2 Å². The predicted octanol–water partition coefficient (Wildman–Crippen LogP) is 1.05. The maximum atomic E-state index is 11.0. The third-order valence-electron chi connectivity index (χ3n) is 1.83. The normalized spacial score (nSPS) is 11.8. The lowest BCUT2D eigenvalue weighted by Gasteiger charge is -2.19. The van der Waals surface area contributed by atoms with E-state index in [1.165, 1.54) is 0 Å². The van der Waals surface area contributed by atoms with Gasteiger partial charge in [0.05, 0.1) is 0 Å². The van der Waals surface area contributed by atoms with Crippen molar-refractivity contribution in [2.75, 3.05) is 20.6 Å². The van der Waals surface area contributed by atoms with Gasteiger partial charge in [-0.2, -0.15) is 0 Å². The average molecular weight is 207 g/mol. The molecular formula is C9H19ClN2O. The molecule has 1 atom stereocenters. The van der Waals surface area contributed by atoms with Gasteiger partial charge >= 0.3 is 0 Å². The highest BCUT2D eigenvalue weighted by molar-refractivity contribution is 5.92. The molecule has 0 aromatic heterocycles. The zero-order valence-electron chi connectivity index (χ0n) is 8.76. The predicted molar refractivity (Wildman–Crippen MR) is 58.2 cm³/mol. The second kappa shape index (κ2) is 6.92. The van der Waals surface area contributed by atoms with Crippen LogP contribution in [0.25, 0.3) is 0 Å². The third kappa shape index (κ3) is 6.61. The Bertz CT molecular complexity index is 180. The van der Waals surface area contributed by atoms with Gasteiger partial charge < -0.3 is 10.2 Å². The fraction of sp³-hybridized carbons (Fsp3) is 0.667. The van der Waals surface area contributed by atoms with E-state index in [-0.39, 0.29) is 18.3 Å². The number of likely N-dealkylation sites (N-methyl/N-ethyl adjacent to an activating group) is 1. The SMILES string of the molecule is C=C(C)C(=O)NCC(C)N(C)C.Cl. The van der Waals surface area contributed by atoms with Crippen LogP contribution in [0.4, 0.5) is 0 Å². The van der Waals surface area contributed by atoms with Crippen molar-refractivity contribution in [1.82, 2.24) is 10.2 Å². The lowest BCUT2D eigenvalue weighted by atomic mass is 10.3. The molecule has 0 bridgehead atoms. The Hall–Kier alpha value is -0.540. The van der Waals surface area contributed by atoms with Crippen LogP contribution in [0.1, 0.15) is 13.8 Å². The lowest BCUT2D eigenvalue weighted by Crippen LogP contribution is -2.38. The molecule has 1 N–H and O–H groups in total. The summed E-state index contributed by atoms with van der Waals surface area (Å²) in [7, 11) is 3.97. The van der Waals surface area contributed by atoms with Gasteiger partial charge in [-0.1, -0.05) is 6.58 Å². The van der Waals surface area contributed by atoms with Gasteiger partial charge in [-0.3, -0.25) is 4.79 Å². The van der Waals surface area contributed by atoms with Crippen LogP contribution in [0.3, 0.4) is 0 Å². The minimum absolute atomic E-state index is 0. The Kier molecular flexibility index (Phi) is 7.96. The summed E-state index contributed by atoms with van der Waals surface area (Å²) < 4.78 is 0. The molecule has 0 aliphatic carbocycles. The molecule has 3 nitrogen and oxygen atoms in total. The summed E-state index contributed by atoms with van der Waals surface area (Å²) in [4.78, 5) is 13.1. The van der Waals surface area contributed by atoms with E-state index in [2.05, 4.69) is 23.7 Å². The Morgan fingerprint density at radius 3 is 2.31 bits per heavy atom. The van der Waals surface area contributed by atoms with Crippen molar-refractivity contribution in [2.45, 2.75) is 19.9 Å². The summed E-state index contributed by atoms with van der Waals surface area (Å²) in [6.45, 7) is 7.98. The maximum Gasteiger partial charge on any atom is 0.246 e. The Balaban J connectivity index is 0. The van der Waals surface area contributed by atoms with E-state index in [9.17, 15) is 4.79 Å². The molecule has 0 saturated carbocycles. The van der Waals surface area contributed by atoms with Gasteiger partial charge in [0.1, 0.15) is 0 Å². The van der Waals surface area contributed by atoms with E-state index >= 15 is 0 Å². The fourth-order valence-corrected chi connectivity index (χ4v) is 0.574. The third-order valence-corrected chi connectivity index (χ3v) is 1.83. The summed E-state index contributed by atoms with van der Waals surface area (Å²) >= 11 is 0. The zero-order chi connectivity index (χ0) is 9.72. The van der Waals surface area contributed by atoms with Crippen LogP contribution >= 0.6 is 12.4 Å². The Labute approximate surface area is 86.6 Å². The molecule has 0 radical (unpaired) electrons. The fourth-order valence-electron chi connectivity index (χ4n) is 0.574. The topological polar surface area (TPSA) is 32.3 Å². The van der Waals surface area contributed by atoms with Crippen molar-refractivity contribution >= 4 is 18.3 Å². The first kappa shape index (κ1) is 15.0. The van der Waals surface area contributed by atoms with E-state index in [4.69, 9.17) is 0 Å². The highest BCUT2D eigenvalue weighted by Gasteiger charge is 2.06. The smallest absolute Gasteiger partial charge is 0.246 e. The summed E-state index contributed by atoms with van der Waals surface area (Å²) in [5, 5.41) is 2.78. The van der Waals surface area contributed by atoms with Crippen molar-refractivity contribution in [1.29, 1.82) is 0 Å². The Morgan fingerprint density at radius 2 is 2.00 bits per heavy atom. The summed E-state index contributed by atoms with van der Waals surface area (Å²) in [5.74, 6) is -0.0660. The quantitative estimate of drug-likeness (QED) is 0.698. The van der Waals surface area contributed by atoms with Crippen LogP contribution in [0.2, 0.25) is 0 Å². The molecule has 0 spiro atoms. The number of nitrogens with one attached hydrogen (secondary N) is 1. The second-order valence-electron chi connectivity index (χ2n) is 3.30. The first-order valence-electron chi connectivity index (χ1n) is 4.05. The van der Waals surface area contributed by atoms with Gasteiger partial charge in [-0.15, -0.1) is 12.4 Å². The minimum Gasteiger partial charge on any atom is -0.351 e. The van der Waals surface area contributed by atoms with E-state index < -0.39 is 0 Å². The summed E-state index contributed by atoms with van der Waals surface area (Å²) in [6.07, 6.45) is 0. The van der Waals surface area contributed by atoms with Crippen LogP contribution in [-0.2, 0) is 4.79 Å². The van der Waals surface area contributed by atoms with Gasteiger partial charge in [0.2, 0.25) is 5.91 Å². The number of rotatable bonds is 4. The number of hydrogen-bond donors (Lipinski definition) is 1. The molecule has 0 aromatic rings. The summed E-state index contributed by atoms with van der Waals surface area (Å²) in [5.41, 5.74) is 0.556. The average Bonchev–Trinajstić information content (AvgIpc) is 1.98. The molecule has 4 heteroatoms. The molecule has 0 aliphatic rings. The minimum atomic E-state index is -0.0660. The van der Waals surface area contributed by atoms with Gasteiger partial charge in [-0.25, -0.2) is 0 Å². The second-order valence-corrected chi connectivity index (χ2v) is 3.30. The number of nitrogens with zero attached hydrogens (tertiary/aromatic N) is 1. The highest BCUT2D eigenvalue weighted by Crippen LogP contribution is 1.90. The Morgan fingerprint density at radius 1 is 1.54 bits per heavy atom. The van der Waals surface area contributed by atoms with Gasteiger partial charge in [0.25, 0.3) is 0 Å². The van der Waals surface area contributed by atoms with Crippen LogP contribution in [-0.4, -0.2) is 37.5 Å². The number of carbonyl (C=O) groups excluding carboxylic acids is 1. The van der Waals surface area contributed by atoms with Crippen LogP contribution in [0.15, 0.2) is 12.2 Å². The molecule has 0 aliphatic heterocycles. The van der Waals surface area contributed by atoms with Gasteiger partial charge in [0.15, 0.2) is 0 Å². The van der Waals surface area contributed by atoms with Crippen LogP contribution in [0.5, 0.6) is 0 Å². The first-order valence-corrected chi connectivity index (χ1v) is 4.05. The highest BCUT2D eigenvalue weighted by atomic mass is 35.5. The van der Waals surface area contributed by atoms with Crippen molar-refractivity contribution in [2.24, 2.45) is 0 Å². The molecule has 0 heterocycles.